The average molecular weight is 377 g/mol. The van der Waals surface area contributed by atoms with E-state index in [1.165, 1.54) is 34.9 Å². The molecule has 0 atom stereocenters. The highest BCUT2D eigenvalue weighted by atomic mass is 32.2. The van der Waals surface area contributed by atoms with E-state index in [9.17, 15) is 9.59 Å². The monoisotopic (exact) mass is 376 g/mol. The van der Waals surface area contributed by atoms with Gasteiger partial charge >= 0.3 is 0 Å². The van der Waals surface area contributed by atoms with Gasteiger partial charge in [-0.25, -0.2) is 0 Å². The fourth-order valence-electron chi connectivity index (χ4n) is 1.69. The minimum Gasteiger partial charge on any atom is -0.351 e. The summed E-state index contributed by atoms with van der Waals surface area (Å²) >= 11 is 4.17. The van der Waals surface area contributed by atoms with Crippen LogP contribution in [0.4, 0.5) is 0 Å². The van der Waals surface area contributed by atoms with E-state index in [2.05, 4.69) is 15.5 Å². The number of rotatable bonds is 8. The Hall–Kier alpha value is -0.800. The van der Waals surface area contributed by atoms with Crippen LogP contribution in [0.5, 0.6) is 0 Å². The van der Waals surface area contributed by atoms with Crippen LogP contribution in [0.2, 0.25) is 0 Å². The Bertz CT molecular complexity index is 524. The van der Waals surface area contributed by atoms with Crippen molar-refractivity contribution in [2.24, 2.45) is 0 Å². The number of thioether (sulfide) groups is 2. The second-order valence-electron chi connectivity index (χ2n) is 5.78. The van der Waals surface area contributed by atoms with E-state index in [4.69, 9.17) is 0 Å². The highest BCUT2D eigenvalue weighted by Gasteiger charge is 2.16. The molecule has 1 aromatic heterocycles. The Morgan fingerprint density at radius 1 is 1.09 bits per heavy atom. The zero-order valence-corrected chi connectivity index (χ0v) is 16.7. The predicted molar refractivity (Wildman–Crippen MR) is 97.2 cm³/mol. The first-order valence-electron chi connectivity index (χ1n) is 7.43. The standard InChI is InChI=1S/C14H24N4O2S3/c1-6-18(7-2)11(20)9-22-13-17-16-12(23-13)21-8-10(19)15-14(3,4)5/h6-9H2,1-5H3,(H,15,19). The first-order valence-corrected chi connectivity index (χ1v) is 10.2. The Balaban J connectivity index is 2.40. The molecule has 0 radical (unpaired) electrons. The maximum atomic E-state index is 11.9. The molecule has 1 aromatic rings. The van der Waals surface area contributed by atoms with Crippen LogP contribution >= 0.6 is 34.9 Å². The Morgan fingerprint density at radius 3 is 2.09 bits per heavy atom. The van der Waals surface area contributed by atoms with E-state index in [0.29, 0.717) is 11.5 Å². The number of aromatic nitrogens is 2. The summed E-state index contributed by atoms with van der Waals surface area (Å²) < 4.78 is 1.50. The molecule has 2 amide bonds. The molecule has 130 valence electrons. The molecule has 0 saturated carbocycles. The summed E-state index contributed by atoms with van der Waals surface area (Å²) in [5, 5.41) is 11.0. The van der Waals surface area contributed by atoms with Crippen molar-refractivity contribution in [2.45, 2.75) is 48.8 Å². The summed E-state index contributed by atoms with van der Waals surface area (Å²) in [6.07, 6.45) is 0. The smallest absolute Gasteiger partial charge is 0.233 e. The minimum atomic E-state index is -0.232. The number of hydrogen-bond donors (Lipinski definition) is 1. The Kier molecular flexibility index (Phi) is 8.35. The van der Waals surface area contributed by atoms with E-state index in [1.807, 2.05) is 34.6 Å². The molecule has 0 fully saturated rings. The zero-order chi connectivity index (χ0) is 17.5. The lowest BCUT2D eigenvalue weighted by Crippen LogP contribution is -2.41. The van der Waals surface area contributed by atoms with E-state index in [0.717, 1.165) is 21.8 Å². The van der Waals surface area contributed by atoms with Gasteiger partial charge in [-0.05, 0) is 34.6 Å². The predicted octanol–water partition coefficient (Wildman–Crippen LogP) is 2.51. The summed E-state index contributed by atoms with van der Waals surface area (Å²) in [4.78, 5) is 25.5. The second kappa shape index (κ2) is 9.48. The molecule has 0 aliphatic heterocycles. The molecule has 1 N–H and O–H groups in total. The maximum Gasteiger partial charge on any atom is 0.233 e. The van der Waals surface area contributed by atoms with Crippen molar-refractivity contribution in [3.8, 4) is 0 Å². The van der Waals surface area contributed by atoms with Gasteiger partial charge in [0, 0.05) is 18.6 Å². The lowest BCUT2D eigenvalue weighted by atomic mass is 10.1. The van der Waals surface area contributed by atoms with Crippen LogP contribution in [0.1, 0.15) is 34.6 Å². The summed E-state index contributed by atoms with van der Waals surface area (Å²) in [6, 6.07) is 0. The summed E-state index contributed by atoms with van der Waals surface area (Å²) in [5.41, 5.74) is -0.232. The lowest BCUT2D eigenvalue weighted by Gasteiger charge is -2.19. The molecule has 0 bridgehead atoms. The quantitative estimate of drug-likeness (QED) is 0.703. The van der Waals surface area contributed by atoms with Crippen LogP contribution < -0.4 is 5.32 Å². The van der Waals surface area contributed by atoms with Gasteiger partial charge in [0.15, 0.2) is 8.68 Å². The van der Waals surface area contributed by atoms with Crippen LogP contribution in [0.3, 0.4) is 0 Å². The summed E-state index contributed by atoms with van der Waals surface area (Å²) in [6.45, 7) is 11.2. The van der Waals surface area contributed by atoms with Gasteiger partial charge < -0.3 is 10.2 Å². The number of amides is 2. The van der Waals surface area contributed by atoms with Crippen molar-refractivity contribution in [2.75, 3.05) is 24.6 Å². The number of carbonyl (C=O) groups is 2. The molecule has 0 spiro atoms. The topological polar surface area (TPSA) is 75.2 Å². The fourth-order valence-corrected chi connectivity index (χ4v) is 4.41. The molecule has 0 aliphatic carbocycles. The molecule has 9 heteroatoms. The number of nitrogens with one attached hydrogen (secondary N) is 1. The van der Waals surface area contributed by atoms with Crippen LogP contribution in [-0.4, -0.2) is 57.0 Å². The number of carbonyl (C=O) groups excluding carboxylic acids is 2. The van der Waals surface area contributed by atoms with Gasteiger partial charge in [-0.15, -0.1) is 10.2 Å². The van der Waals surface area contributed by atoms with Crippen LogP contribution in [0.25, 0.3) is 0 Å². The van der Waals surface area contributed by atoms with Gasteiger partial charge in [0.2, 0.25) is 11.8 Å². The van der Waals surface area contributed by atoms with E-state index in [1.54, 1.807) is 4.90 Å². The molecule has 23 heavy (non-hydrogen) atoms. The van der Waals surface area contributed by atoms with Crippen molar-refractivity contribution < 1.29 is 9.59 Å². The third-order valence-corrected chi connectivity index (χ3v) is 5.84. The minimum absolute atomic E-state index is 0.0244. The Labute approximate surface area is 150 Å². The van der Waals surface area contributed by atoms with Crippen molar-refractivity contribution in [3.05, 3.63) is 0 Å². The summed E-state index contributed by atoms with van der Waals surface area (Å²) in [5.74, 6) is 0.762. The third kappa shape index (κ3) is 8.03. The van der Waals surface area contributed by atoms with Crippen molar-refractivity contribution in [3.63, 3.8) is 0 Å². The highest BCUT2D eigenvalue weighted by Crippen LogP contribution is 2.28. The first-order chi connectivity index (χ1) is 10.7. The van der Waals surface area contributed by atoms with Gasteiger partial charge in [-0.2, -0.15) is 0 Å². The molecular formula is C14H24N4O2S3. The summed E-state index contributed by atoms with van der Waals surface area (Å²) in [7, 11) is 0. The molecular weight excluding hydrogens is 352 g/mol. The average Bonchev–Trinajstić information content (AvgIpc) is 2.90. The SMILES string of the molecule is CCN(CC)C(=O)CSc1nnc(SCC(=O)NC(C)(C)C)s1. The van der Waals surface area contributed by atoms with Gasteiger partial charge in [0.25, 0.3) is 0 Å². The molecule has 0 saturated heterocycles. The third-order valence-electron chi connectivity index (χ3n) is 2.66. The second-order valence-corrected chi connectivity index (χ2v) is 9.20. The number of hydrogen-bond acceptors (Lipinski definition) is 7. The Morgan fingerprint density at radius 2 is 1.61 bits per heavy atom. The van der Waals surface area contributed by atoms with Crippen LogP contribution in [0, 0.1) is 0 Å². The van der Waals surface area contributed by atoms with E-state index < -0.39 is 0 Å². The van der Waals surface area contributed by atoms with Gasteiger partial charge in [0.1, 0.15) is 0 Å². The lowest BCUT2D eigenvalue weighted by molar-refractivity contribution is -0.128. The van der Waals surface area contributed by atoms with Crippen molar-refractivity contribution in [1.29, 1.82) is 0 Å². The van der Waals surface area contributed by atoms with Gasteiger partial charge in [-0.1, -0.05) is 34.9 Å². The molecule has 0 aromatic carbocycles. The molecule has 6 nitrogen and oxygen atoms in total. The highest BCUT2D eigenvalue weighted by molar-refractivity contribution is 8.03. The van der Waals surface area contributed by atoms with Crippen molar-refractivity contribution >= 4 is 46.7 Å². The number of nitrogens with zero attached hydrogens (tertiary/aromatic N) is 3. The molecule has 1 rings (SSSR count). The largest absolute Gasteiger partial charge is 0.351 e. The molecule has 0 aliphatic rings. The maximum absolute atomic E-state index is 11.9. The van der Waals surface area contributed by atoms with E-state index in [-0.39, 0.29) is 17.4 Å². The van der Waals surface area contributed by atoms with Crippen molar-refractivity contribution in [1.82, 2.24) is 20.4 Å². The van der Waals surface area contributed by atoms with Crippen LogP contribution in [0.15, 0.2) is 8.68 Å². The first kappa shape index (κ1) is 20.2. The van der Waals surface area contributed by atoms with Crippen LogP contribution in [-0.2, 0) is 9.59 Å². The molecule has 0 unspecified atom stereocenters. The normalized spacial score (nSPS) is 11.3. The fraction of sp³-hybridized carbons (Fsp3) is 0.714. The zero-order valence-electron chi connectivity index (χ0n) is 14.2. The van der Waals surface area contributed by atoms with Gasteiger partial charge in [-0.3, -0.25) is 9.59 Å². The molecule has 1 heterocycles. The van der Waals surface area contributed by atoms with Gasteiger partial charge in [0.05, 0.1) is 11.5 Å². The van der Waals surface area contributed by atoms with E-state index >= 15 is 0 Å².